The number of anilines is 1. The van der Waals surface area contributed by atoms with Crippen LogP contribution in [0.15, 0.2) is 77.5 Å². The van der Waals surface area contributed by atoms with Gasteiger partial charge in [-0.3, -0.25) is 4.79 Å². The van der Waals surface area contributed by atoms with Crippen LogP contribution in [0, 0.1) is 13.8 Å². The maximum Gasteiger partial charge on any atom is 0.343 e. The molecular formula is C29H26N4O5. The summed E-state index contributed by atoms with van der Waals surface area (Å²) < 4.78 is 18.3. The van der Waals surface area contributed by atoms with Gasteiger partial charge in [0.2, 0.25) is 0 Å². The molecule has 0 fully saturated rings. The maximum absolute atomic E-state index is 12.9. The lowest BCUT2D eigenvalue weighted by molar-refractivity contribution is 0.0528. The van der Waals surface area contributed by atoms with Crippen molar-refractivity contribution >= 4 is 23.2 Å². The predicted octanol–water partition coefficient (Wildman–Crippen LogP) is 5.61. The monoisotopic (exact) mass is 510 g/mol. The van der Waals surface area contributed by atoms with Gasteiger partial charge >= 0.3 is 5.97 Å². The molecule has 0 unspecified atom stereocenters. The molecule has 0 aliphatic carbocycles. The Hall–Kier alpha value is -4.92. The van der Waals surface area contributed by atoms with Crippen LogP contribution in [0.5, 0.6) is 5.75 Å². The van der Waals surface area contributed by atoms with Crippen LogP contribution in [0.3, 0.4) is 0 Å². The Morgan fingerprint density at radius 3 is 2.76 bits per heavy atom. The zero-order chi connectivity index (χ0) is 26.6. The number of furan rings is 1. The highest BCUT2D eigenvalue weighted by molar-refractivity contribution is 6.02. The summed E-state index contributed by atoms with van der Waals surface area (Å²) in [5.74, 6) is 0.627. The lowest BCUT2D eigenvalue weighted by Crippen LogP contribution is -2.11. The second kappa shape index (κ2) is 10.6. The third-order valence-electron chi connectivity index (χ3n) is 5.91. The SMILES string of the molecule is CCOC(=O)c1cnn2c(-c3cccc(NC(=O)c4ccc(COc5cc(C)ccc5C)o4)c3)ccnc12. The van der Waals surface area contributed by atoms with E-state index in [0.717, 1.165) is 22.4 Å². The van der Waals surface area contributed by atoms with Crippen LogP contribution < -0.4 is 10.1 Å². The van der Waals surface area contributed by atoms with Gasteiger partial charge in [-0.2, -0.15) is 5.10 Å². The number of carbonyl (C=O) groups is 2. The Labute approximate surface area is 219 Å². The first-order valence-corrected chi connectivity index (χ1v) is 12.1. The predicted molar refractivity (Wildman–Crippen MR) is 141 cm³/mol. The fourth-order valence-corrected chi connectivity index (χ4v) is 4.00. The zero-order valence-corrected chi connectivity index (χ0v) is 21.2. The first-order chi connectivity index (χ1) is 18.4. The summed E-state index contributed by atoms with van der Waals surface area (Å²) in [6.07, 6.45) is 3.04. The summed E-state index contributed by atoms with van der Waals surface area (Å²) in [5.41, 5.74) is 4.85. The first kappa shape index (κ1) is 24.8. The van der Waals surface area contributed by atoms with E-state index in [2.05, 4.69) is 15.4 Å². The van der Waals surface area contributed by atoms with Gasteiger partial charge in [-0.1, -0.05) is 24.3 Å². The number of esters is 1. The molecule has 9 nitrogen and oxygen atoms in total. The van der Waals surface area contributed by atoms with E-state index in [4.69, 9.17) is 13.9 Å². The molecule has 2 aromatic carbocycles. The Bertz CT molecular complexity index is 1640. The Kier molecular flexibility index (Phi) is 6.90. The summed E-state index contributed by atoms with van der Waals surface area (Å²) in [7, 11) is 0. The van der Waals surface area contributed by atoms with E-state index < -0.39 is 5.97 Å². The molecule has 0 radical (unpaired) electrons. The molecule has 0 saturated heterocycles. The van der Waals surface area contributed by atoms with Crippen LogP contribution in [0.1, 0.15) is 44.7 Å². The van der Waals surface area contributed by atoms with Crippen molar-refractivity contribution < 1.29 is 23.5 Å². The number of aryl methyl sites for hydroxylation is 2. The molecule has 0 spiro atoms. The van der Waals surface area contributed by atoms with Crippen molar-refractivity contribution in [3.05, 3.63) is 101 Å². The van der Waals surface area contributed by atoms with Crippen molar-refractivity contribution in [1.29, 1.82) is 0 Å². The van der Waals surface area contributed by atoms with Crippen molar-refractivity contribution in [2.75, 3.05) is 11.9 Å². The summed E-state index contributed by atoms with van der Waals surface area (Å²) in [6.45, 7) is 6.19. The molecule has 1 amide bonds. The molecule has 192 valence electrons. The molecular weight excluding hydrogens is 484 g/mol. The van der Waals surface area contributed by atoms with Crippen molar-refractivity contribution in [2.24, 2.45) is 0 Å². The highest BCUT2D eigenvalue weighted by atomic mass is 16.5. The van der Waals surface area contributed by atoms with Crippen LogP contribution in [0.25, 0.3) is 16.9 Å². The molecule has 5 rings (SSSR count). The third kappa shape index (κ3) is 5.12. The summed E-state index contributed by atoms with van der Waals surface area (Å²) in [5, 5.41) is 7.20. The number of rotatable bonds is 8. The van der Waals surface area contributed by atoms with Gasteiger partial charge in [0.1, 0.15) is 23.7 Å². The number of benzene rings is 2. The highest BCUT2D eigenvalue weighted by Crippen LogP contribution is 2.25. The van der Waals surface area contributed by atoms with Crippen molar-refractivity contribution in [3.8, 4) is 17.0 Å². The average Bonchev–Trinajstić information content (AvgIpc) is 3.57. The number of fused-ring (bicyclic) bond motifs is 1. The second-order valence-electron chi connectivity index (χ2n) is 8.70. The van der Waals surface area contributed by atoms with Crippen LogP contribution in [0.2, 0.25) is 0 Å². The molecule has 9 heteroatoms. The molecule has 3 aromatic heterocycles. The highest BCUT2D eigenvalue weighted by Gasteiger charge is 2.18. The second-order valence-corrected chi connectivity index (χ2v) is 8.70. The minimum absolute atomic E-state index is 0.174. The molecule has 5 aromatic rings. The number of hydrogen-bond donors (Lipinski definition) is 1. The van der Waals surface area contributed by atoms with E-state index in [1.54, 1.807) is 41.9 Å². The number of ether oxygens (including phenoxy) is 2. The van der Waals surface area contributed by atoms with E-state index in [9.17, 15) is 9.59 Å². The van der Waals surface area contributed by atoms with Gasteiger partial charge in [-0.25, -0.2) is 14.3 Å². The van der Waals surface area contributed by atoms with Gasteiger partial charge < -0.3 is 19.2 Å². The largest absolute Gasteiger partial charge is 0.485 e. The number of nitrogens with one attached hydrogen (secondary N) is 1. The Balaban J connectivity index is 1.31. The van der Waals surface area contributed by atoms with Gasteiger partial charge in [0, 0.05) is 17.4 Å². The fourth-order valence-electron chi connectivity index (χ4n) is 4.00. The van der Waals surface area contributed by atoms with Crippen LogP contribution in [-0.2, 0) is 11.3 Å². The molecule has 0 aliphatic rings. The minimum Gasteiger partial charge on any atom is -0.485 e. The lowest BCUT2D eigenvalue weighted by atomic mass is 10.1. The Morgan fingerprint density at radius 2 is 1.92 bits per heavy atom. The van der Waals surface area contributed by atoms with Crippen molar-refractivity contribution in [2.45, 2.75) is 27.4 Å². The molecule has 0 aliphatic heterocycles. The van der Waals surface area contributed by atoms with Gasteiger partial charge in [0.15, 0.2) is 11.4 Å². The molecule has 0 saturated carbocycles. The van der Waals surface area contributed by atoms with E-state index in [-0.39, 0.29) is 30.4 Å². The lowest BCUT2D eigenvalue weighted by Gasteiger charge is -2.09. The van der Waals surface area contributed by atoms with Crippen LogP contribution in [-0.4, -0.2) is 33.1 Å². The van der Waals surface area contributed by atoms with E-state index in [0.29, 0.717) is 22.8 Å². The molecule has 1 N–H and O–H groups in total. The molecule has 0 atom stereocenters. The van der Waals surface area contributed by atoms with Crippen molar-refractivity contribution in [3.63, 3.8) is 0 Å². The molecule has 38 heavy (non-hydrogen) atoms. The topological polar surface area (TPSA) is 108 Å². The third-order valence-corrected chi connectivity index (χ3v) is 5.91. The zero-order valence-electron chi connectivity index (χ0n) is 21.2. The van der Waals surface area contributed by atoms with Gasteiger partial charge in [-0.05, 0) is 68.3 Å². The summed E-state index contributed by atoms with van der Waals surface area (Å²) in [4.78, 5) is 29.4. The number of hydrogen-bond acceptors (Lipinski definition) is 7. The van der Waals surface area contributed by atoms with Crippen LogP contribution >= 0.6 is 0 Å². The van der Waals surface area contributed by atoms with Crippen molar-refractivity contribution in [1.82, 2.24) is 14.6 Å². The van der Waals surface area contributed by atoms with Gasteiger partial charge in [-0.15, -0.1) is 0 Å². The maximum atomic E-state index is 12.9. The van der Waals surface area contributed by atoms with Gasteiger partial charge in [0.25, 0.3) is 5.91 Å². The molecule has 0 bridgehead atoms. The normalized spacial score (nSPS) is 10.9. The van der Waals surface area contributed by atoms with E-state index in [1.165, 1.54) is 6.20 Å². The number of carbonyl (C=O) groups excluding carboxylic acids is 2. The van der Waals surface area contributed by atoms with E-state index >= 15 is 0 Å². The van der Waals surface area contributed by atoms with Gasteiger partial charge in [0.05, 0.1) is 18.5 Å². The van der Waals surface area contributed by atoms with Crippen LogP contribution in [0.4, 0.5) is 5.69 Å². The number of nitrogens with zero attached hydrogens (tertiary/aromatic N) is 3. The smallest absolute Gasteiger partial charge is 0.343 e. The summed E-state index contributed by atoms with van der Waals surface area (Å²) >= 11 is 0. The van der Waals surface area contributed by atoms with E-state index in [1.807, 2.05) is 50.2 Å². The number of amides is 1. The number of aromatic nitrogens is 3. The molecule has 3 heterocycles. The first-order valence-electron chi connectivity index (χ1n) is 12.1. The average molecular weight is 511 g/mol. The fraction of sp³-hybridized carbons (Fsp3) is 0.172. The standard InChI is InChI=1S/C29H26N4O5/c1-4-36-29(35)23-16-31-33-24(12-13-30-27(23)33)20-6-5-7-21(15-20)32-28(34)25-11-10-22(38-25)17-37-26-14-18(2)8-9-19(26)3/h5-16H,4,17H2,1-3H3,(H,32,34). The quantitative estimate of drug-likeness (QED) is 0.270. The summed E-state index contributed by atoms with van der Waals surface area (Å²) in [6, 6.07) is 18.4. The Morgan fingerprint density at radius 1 is 1.05 bits per heavy atom. The minimum atomic E-state index is -0.481.